The first-order valence-corrected chi connectivity index (χ1v) is 8.55. The number of hydrogen-bond acceptors (Lipinski definition) is 4. The van der Waals surface area contributed by atoms with Gasteiger partial charge in [0.15, 0.2) is 0 Å². The van der Waals surface area contributed by atoms with Crippen molar-refractivity contribution in [1.82, 2.24) is 4.90 Å². The summed E-state index contributed by atoms with van der Waals surface area (Å²) in [6.07, 6.45) is 3.73. The van der Waals surface area contributed by atoms with Crippen LogP contribution in [0.4, 0.5) is 5.69 Å². The maximum Gasteiger partial charge on any atom is 0.242 e. The smallest absolute Gasteiger partial charge is 0.242 e. The number of ether oxygens (including phenoxy) is 1. The van der Waals surface area contributed by atoms with Gasteiger partial charge in [0, 0.05) is 32.4 Å². The van der Waals surface area contributed by atoms with E-state index in [1.165, 1.54) is 11.3 Å². The summed E-state index contributed by atoms with van der Waals surface area (Å²) in [5, 5.41) is 0. The number of amides is 1. The van der Waals surface area contributed by atoms with Gasteiger partial charge < -0.3 is 20.3 Å². The first-order chi connectivity index (χ1) is 11.1. The molecule has 1 saturated heterocycles. The van der Waals surface area contributed by atoms with E-state index in [-0.39, 0.29) is 30.7 Å². The molecule has 0 radical (unpaired) electrons. The second-order valence-electron chi connectivity index (χ2n) is 6.75. The van der Waals surface area contributed by atoms with Crippen molar-refractivity contribution in [2.24, 2.45) is 5.73 Å². The molecule has 0 aromatic heterocycles. The highest BCUT2D eigenvalue weighted by Crippen LogP contribution is 2.30. The third-order valence-electron chi connectivity index (χ3n) is 5.02. The number of carbonyl (C=O) groups excluding carboxylic acids is 1. The zero-order valence-electron chi connectivity index (χ0n) is 14.8. The Hall–Kier alpha value is -1.01. The van der Waals surface area contributed by atoms with Gasteiger partial charge in [-0.3, -0.25) is 4.79 Å². The van der Waals surface area contributed by atoms with E-state index in [4.69, 9.17) is 10.5 Å². The average molecular weight is 390 g/mol. The van der Waals surface area contributed by atoms with Crippen LogP contribution < -0.4 is 10.6 Å². The minimum atomic E-state index is -0.650. The lowest BCUT2D eigenvalue weighted by molar-refractivity contribution is -0.136. The summed E-state index contributed by atoms with van der Waals surface area (Å²) < 4.78 is 5.44. The number of likely N-dealkylation sites (N-methyl/N-ethyl adjacent to an activating group) is 1. The van der Waals surface area contributed by atoms with Crippen LogP contribution >= 0.6 is 24.8 Å². The zero-order valence-corrected chi connectivity index (χ0v) is 16.4. The van der Waals surface area contributed by atoms with Crippen molar-refractivity contribution < 1.29 is 9.53 Å². The van der Waals surface area contributed by atoms with Gasteiger partial charge in [0.05, 0.1) is 18.8 Å². The predicted octanol–water partition coefficient (Wildman–Crippen LogP) is 2.60. The second-order valence-corrected chi connectivity index (χ2v) is 6.75. The normalized spacial score (nSPS) is 18.9. The van der Waals surface area contributed by atoms with Crippen molar-refractivity contribution in [3.63, 3.8) is 0 Å². The van der Waals surface area contributed by atoms with E-state index >= 15 is 0 Å². The number of rotatable bonds is 4. The van der Waals surface area contributed by atoms with Crippen LogP contribution in [0.15, 0.2) is 24.3 Å². The van der Waals surface area contributed by atoms with Gasteiger partial charge in [0.1, 0.15) is 0 Å². The van der Waals surface area contributed by atoms with Crippen molar-refractivity contribution >= 4 is 36.4 Å². The highest BCUT2D eigenvalue weighted by Gasteiger charge is 2.38. The van der Waals surface area contributed by atoms with E-state index in [9.17, 15) is 4.79 Å². The Balaban J connectivity index is 0.00000156. The van der Waals surface area contributed by atoms with Crippen molar-refractivity contribution in [2.45, 2.75) is 37.8 Å². The molecule has 1 aromatic carbocycles. The van der Waals surface area contributed by atoms with Crippen LogP contribution in [0.2, 0.25) is 0 Å². The Bertz CT molecular complexity index is 559. The number of nitrogens with two attached hydrogens (primary N) is 1. The standard InChI is InChI=1S/C18H27N3O2.2ClH/c1-20(17(22)18(19)8-4-5-9-18)14-15-6-2-3-7-16(15)21-10-12-23-13-11-21;;/h2-3,6-7H,4-5,8-14,19H2,1H3;2*1H. The summed E-state index contributed by atoms with van der Waals surface area (Å²) in [6.45, 7) is 3.92. The van der Waals surface area contributed by atoms with Crippen molar-refractivity contribution in [2.75, 3.05) is 38.3 Å². The molecule has 25 heavy (non-hydrogen) atoms. The molecule has 0 bridgehead atoms. The minimum absolute atomic E-state index is 0. The summed E-state index contributed by atoms with van der Waals surface area (Å²) in [4.78, 5) is 16.9. The van der Waals surface area contributed by atoms with E-state index in [1.807, 2.05) is 13.1 Å². The predicted molar refractivity (Wildman–Crippen MR) is 106 cm³/mol. The van der Waals surface area contributed by atoms with E-state index in [0.717, 1.165) is 52.0 Å². The molecule has 1 heterocycles. The molecule has 1 aromatic rings. The SMILES string of the molecule is CN(Cc1ccccc1N1CCOCC1)C(=O)C1(N)CCCC1.Cl.Cl. The van der Waals surface area contributed by atoms with Crippen molar-refractivity contribution in [1.29, 1.82) is 0 Å². The van der Waals surface area contributed by atoms with Gasteiger partial charge in [-0.05, 0) is 24.5 Å². The molecule has 142 valence electrons. The molecule has 1 aliphatic heterocycles. The van der Waals surface area contributed by atoms with E-state index < -0.39 is 5.54 Å². The second kappa shape index (κ2) is 9.62. The van der Waals surface area contributed by atoms with Crippen LogP contribution in [0.1, 0.15) is 31.2 Å². The Morgan fingerprint density at radius 1 is 1.20 bits per heavy atom. The molecule has 3 rings (SSSR count). The fourth-order valence-corrected chi connectivity index (χ4v) is 3.68. The first kappa shape index (κ1) is 22.0. The highest BCUT2D eigenvalue weighted by molar-refractivity contribution is 5.86. The third kappa shape index (κ3) is 5.00. The topological polar surface area (TPSA) is 58.8 Å². The highest BCUT2D eigenvalue weighted by atomic mass is 35.5. The number of para-hydroxylation sites is 1. The maximum absolute atomic E-state index is 12.7. The lowest BCUT2D eigenvalue weighted by Gasteiger charge is -2.33. The molecule has 0 spiro atoms. The molecule has 1 amide bonds. The van der Waals surface area contributed by atoms with Gasteiger partial charge in [0.2, 0.25) is 5.91 Å². The fourth-order valence-electron chi connectivity index (χ4n) is 3.68. The number of benzene rings is 1. The van der Waals surface area contributed by atoms with Gasteiger partial charge in [-0.15, -0.1) is 24.8 Å². The zero-order chi connectivity index (χ0) is 16.3. The van der Waals surface area contributed by atoms with Crippen LogP contribution in [0.3, 0.4) is 0 Å². The van der Waals surface area contributed by atoms with Gasteiger partial charge >= 0.3 is 0 Å². The van der Waals surface area contributed by atoms with Gasteiger partial charge in [-0.2, -0.15) is 0 Å². The summed E-state index contributed by atoms with van der Waals surface area (Å²) in [6, 6.07) is 8.32. The van der Waals surface area contributed by atoms with Gasteiger partial charge in [0.25, 0.3) is 0 Å². The Morgan fingerprint density at radius 2 is 1.80 bits per heavy atom. The van der Waals surface area contributed by atoms with Gasteiger partial charge in [-0.1, -0.05) is 31.0 Å². The molecule has 1 aliphatic carbocycles. The van der Waals surface area contributed by atoms with Crippen LogP contribution in [-0.2, 0) is 16.1 Å². The molecule has 2 N–H and O–H groups in total. The van der Waals surface area contributed by atoms with Crippen LogP contribution in [0, 0.1) is 0 Å². The molecule has 2 aliphatic rings. The lowest BCUT2D eigenvalue weighted by Crippen LogP contribution is -2.52. The number of carbonyl (C=O) groups is 1. The van der Waals surface area contributed by atoms with E-state index in [0.29, 0.717) is 6.54 Å². The molecule has 2 fully saturated rings. The molecule has 0 atom stereocenters. The lowest BCUT2D eigenvalue weighted by atomic mass is 9.97. The fraction of sp³-hybridized carbons (Fsp3) is 0.611. The van der Waals surface area contributed by atoms with Crippen molar-refractivity contribution in [3.8, 4) is 0 Å². The monoisotopic (exact) mass is 389 g/mol. The quantitative estimate of drug-likeness (QED) is 0.859. The molecular weight excluding hydrogens is 361 g/mol. The van der Waals surface area contributed by atoms with Crippen LogP contribution in [0.25, 0.3) is 0 Å². The Labute approximate surface area is 162 Å². The van der Waals surface area contributed by atoms with Crippen LogP contribution in [0.5, 0.6) is 0 Å². The number of hydrogen-bond donors (Lipinski definition) is 1. The van der Waals surface area contributed by atoms with E-state index in [2.05, 4.69) is 23.1 Å². The molecule has 1 saturated carbocycles. The number of morpholine rings is 1. The minimum Gasteiger partial charge on any atom is -0.378 e. The number of anilines is 1. The molecule has 7 heteroatoms. The largest absolute Gasteiger partial charge is 0.378 e. The average Bonchev–Trinajstić information content (AvgIpc) is 3.03. The maximum atomic E-state index is 12.7. The summed E-state index contributed by atoms with van der Waals surface area (Å²) in [5.41, 5.74) is 8.04. The summed E-state index contributed by atoms with van der Waals surface area (Å²) in [5.74, 6) is 0.0757. The third-order valence-corrected chi connectivity index (χ3v) is 5.02. The summed E-state index contributed by atoms with van der Waals surface area (Å²) in [7, 11) is 1.87. The number of nitrogens with zero attached hydrogens (tertiary/aromatic N) is 2. The molecular formula is C18H29Cl2N3O2. The van der Waals surface area contributed by atoms with Crippen LogP contribution in [-0.4, -0.2) is 49.7 Å². The van der Waals surface area contributed by atoms with E-state index in [1.54, 1.807) is 4.90 Å². The molecule has 5 nitrogen and oxygen atoms in total. The molecule has 0 unspecified atom stereocenters. The summed E-state index contributed by atoms with van der Waals surface area (Å²) >= 11 is 0. The first-order valence-electron chi connectivity index (χ1n) is 8.55. The Kier molecular flexibility index (Phi) is 8.48. The van der Waals surface area contributed by atoms with Gasteiger partial charge in [-0.25, -0.2) is 0 Å². The van der Waals surface area contributed by atoms with Crippen molar-refractivity contribution in [3.05, 3.63) is 29.8 Å². The Morgan fingerprint density at radius 3 is 2.44 bits per heavy atom. The number of halogens is 2.